The Bertz CT molecular complexity index is 422. The molecule has 16 heavy (non-hydrogen) atoms. The Kier molecular flexibility index (Phi) is 3.14. The van der Waals surface area contributed by atoms with Crippen molar-refractivity contribution in [2.45, 2.75) is 12.8 Å². The molecule has 1 heterocycles. The number of rotatable bonds is 1. The molecule has 0 aromatic heterocycles. The summed E-state index contributed by atoms with van der Waals surface area (Å²) in [4.78, 5) is 10.1. The number of nitro benzene ring substituents is 1. The van der Waals surface area contributed by atoms with Crippen molar-refractivity contribution < 1.29 is 14.4 Å². The predicted molar refractivity (Wildman–Crippen MR) is 58.3 cm³/mol. The van der Waals surface area contributed by atoms with Crippen LogP contribution in [0.5, 0.6) is 11.5 Å². The van der Waals surface area contributed by atoms with E-state index in [1.54, 1.807) is 0 Å². The molecule has 0 aliphatic carbocycles. The molecule has 1 aromatic carbocycles. The Morgan fingerprint density at radius 2 is 1.75 bits per heavy atom. The van der Waals surface area contributed by atoms with E-state index in [0.29, 0.717) is 24.7 Å². The molecule has 1 aliphatic heterocycles. The Balaban J connectivity index is 2.41. The normalized spacial score (nSPS) is 15.1. The smallest absolute Gasteiger partial charge is 0.291 e. The zero-order chi connectivity index (χ0) is 11.5. The molecule has 0 N–H and O–H groups in total. The van der Waals surface area contributed by atoms with Gasteiger partial charge in [0.15, 0.2) is 11.5 Å². The van der Waals surface area contributed by atoms with Crippen LogP contribution in [0.2, 0.25) is 5.02 Å². The van der Waals surface area contributed by atoms with Gasteiger partial charge in [-0.3, -0.25) is 10.1 Å². The van der Waals surface area contributed by atoms with Gasteiger partial charge in [-0.25, -0.2) is 0 Å². The van der Waals surface area contributed by atoms with Gasteiger partial charge in [-0.05, 0) is 12.8 Å². The van der Waals surface area contributed by atoms with Gasteiger partial charge in [-0.2, -0.15) is 0 Å². The highest BCUT2D eigenvalue weighted by Gasteiger charge is 2.19. The monoisotopic (exact) mass is 243 g/mol. The Hall–Kier alpha value is -1.49. The first kappa shape index (κ1) is 11.0. The molecule has 1 aromatic rings. The van der Waals surface area contributed by atoms with Crippen molar-refractivity contribution >= 4 is 17.3 Å². The van der Waals surface area contributed by atoms with Crippen LogP contribution in [0, 0.1) is 10.1 Å². The van der Waals surface area contributed by atoms with E-state index >= 15 is 0 Å². The maximum Gasteiger partial charge on any atom is 0.291 e. The van der Waals surface area contributed by atoms with Crippen LogP contribution in [0.1, 0.15) is 12.8 Å². The number of ether oxygens (including phenoxy) is 2. The van der Waals surface area contributed by atoms with Crippen molar-refractivity contribution in [3.05, 3.63) is 27.3 Å². The zero-order valence-electron chi connectivity index (χ0n) is 8.44. The summed E-state index contributed by atoms with van der Waals surface area (Å²) in [5, 5.41) is 10.7. The molecule has 86 valence electrons. The highest BCUT2D eigenvalue weighted by molar-refractivity contribution is 6.32. The molecular weight excluding hydrogens is 234 g/mol. The molecule has 6 heteroatoms. The Morgan fingerprint density at radius 1 is 1.19 bits per heavy atom. The lowest BCUT2D eigenvalue weighted by atomic mass is 10.2. The molecule has 0 bridgehead atoms. The first-order valence-electron chi connectivity index (χ1n) is 4.92. The fourth-order valence-electron chi connectivity index (χ4n) is 1.46. The minimum absolute atomic E-state index is 0.0629. The van der Waals surface area contributed by atoms with Crippen LogP contribution in [0.3, 0.4) is 0 Å². The fourth-order valence-corrected chi connectivity index (χ4v) is 1.68. The maximum atomic E-state index is 10.7. The van der Waals surface area contributed by atoms with E-state index in [9.17, 15) is 10.1 Å². The SMILES string of the molecule is O=[N+]([O-])c1cc2c(cc1Cl)OCCCCO2. The van der Waals surface area contributed by atoms with Gasteiger partial charge in [-0.1, -0.05) is 11.6 Å². The molecular formula is C10H10ClNO4. The molecule has 0 saturated heterocycles. The van der Waals surface area contributed by atoms with Crippen molar-refractivity contribution in [2.75, 3.05) is 13.2 Å². The van der Waals surface area contributed by atoms with Gasteiger partial charge < -0.3 is 9.47 Å². The molecule has 0 saturated carbocycles. The second-order valence-electron chi connectivity index (χ2n) is 3.41. The lowest BCUT2D eigenvalue weighted by Crippen LogP contribution is -2.08. The topological polar surface area (TPSA) is 61.6 Å². The van der Waals surface area contributed by atoms with Crippen LogP contribution in [-0.4, -0.2) is 18.1 Å². The molecule has 0 fully saturated rings. The zero-order valence-corrected chi connectivity index (χ0v) is 9.20. The largest absolute Gasteiger partial charge is 0.490 e. The van der Waals surface area contributed by atoms with Crippen molar-refractivity contribution in [3.63, 3.8) is 0 Å². The van der Waals surface area contributed by atoms with E-state index < -0.39 is 4.92 Å². The van der Waals surface area contributed by atoms with Crippen LogP contribution >= 0.6 is 11.6 Å². The maximum absolute atomic E-state index is 10.7. The Labute approximate surface area is 97.1 Å². The van der Waals surface area contributed by atoms with Crippen molar-refractivity contribution in [1.82, 2.24) is 0 Å². The number of halogens is 1. The highest BCUT2D eigenvalue weighted by atomic mass is 35.5. The molecule has 0 atom stereocenters. The van der Waals surface area contributed by atoms with Gasteiger partial charge in [-0.15, -0.1) is 0 Å². The lowest BCUT2D eigenvalue weighted by molar-refractivity contribution is -0.384. The fraction of sp³-hybridized carbons (Fsp3) is 0.400. The van der Waals surface area contributed by atoms with E-state index in [1.807, 2.05) is 0 Å². The van der Waals surface area contributed by atoms with Crippen molar-refractivity contribution in [3.8, 4) is 11.5 Å². The van der Waals surface area contributed by atoms with Crippen LogP contribution < -0.4 is 9.47 Å². The first-order chi connectivity index (χ1) is 7.68. The van der Waals surface area contributed by atoms with Gasteiger partial charge in [0.25, 0.3) is 5.69 Å². The van der Waals surface area contributed by atoms with E-state index in [2.05, 4.69) is 0 Å². The third-order valence-corrected chi connectivity index (χ3v) is 2.57. The molecule has 1 aliphatic rings. The average molecular weight is 244 g/mol. The van der Waals surface area contributed by atoms with Gasteiger partial charge >= 0.3 is 0 Å². The number of fused-ring (bicyclic) bond motifs is 1. The quantitative estimate of drug-likeness (QED) is 0.562. The van der Waals surface area contributed by atoms with Gasteiger partial charge in [0.1, 0.15) is 5.02 Å². The Morgan fingerprint density at radius 3 is 2.31 bits per heavy atom. The van der Waals surface area contributed by atoms with Crippen molar-refractivity contribution in [2.24, 2.45) is 0 Å². The van der Waals surface area contributed by atoms with Crippen LogP contribution in [0.25, 0.3) is 0 Å². The lowest BCUT2D eigenvalue weighted by Gasteiger charge is -2.16. The summed E-state index contributed by atoms with van der Waals surface area (Å²) in [5.41, 5.74) is -0.162. The minimum atomic E-state index is -0.537. The summed E-state index contributed by atoms with van der Waals surface area (Å²) in [5.74, 6) is 0.853. The summed E-state index contributed by atoms with van der Waals surface area (Å²) in [7, 11) is 0. The molecule has 5 nitrogen and oxygen atoms in total. The highest BCUT2D eigenvalue weighted by Crippen LogP contribution is 2.38. The van der Waals surface area contributed by atoms with E-state index in [4.69, 9.17) is 21.1 Å². The molecule has 0 unspecified atom stereocenters. The van der Waals surface area contributed by atoms with E-state index in [-0.39, 0.29) is 10.7 Å². The third-order valence-electron chi connectivity index (χ3n) is 2.26. The third kappa shape index (κ3) is 2.19. The summed E-state index contributed by atoms with van der Waals surface area (Å²) in [6.07, 6.45) is 1.77. The van der Waals surface area contributed by atoms with Gasteiger partial charge in [0, 0.05) is 6.07 Å². The number of nitro groups is 1. The predicted octanol–water partition coefficient (Wildman–Crippen LogP) is 2.80. The molecule has 0 radical (unpaired) electrons. The van der Waals surface area contributed by atoms with E-state index in [0.717, 1.165) is 12.8 Å². The number of benzene rings is 1. The second-order valence-corrected chi connectivity index (χ2v) is 3.82. The minimum Gasteiger partial charge on any atom is -0.490 e. The van der Waals surface area contributed by atoms with Crippen LogP contribution in [-0.2, 0) is 0 Å². The van der Waals surface area contributed by atoms with Gasteiger partial charge in [0.2, 0.25) is 0 Å². The van der Waals surface area contributed by atoms with Crippen LogP contribution in [0.15, 0.2) is 12.1 Å². The van der Waals surface area contributed by atoms with Gasteiger partial charge in [0.05, 0.1) is 24.2 Å². The summed E-state index contributed by atoms with van der Waals surface area (Å²) in [6.45, 7) is 1.11. The second kappa shape index (κ2) is 4.57. The first-order valence-corrected chi connectivity index (χ1v) is 5.30. The standard InChI is InChI=1S/C10H10ClNO4/c11-7-5-9-10(6-8(7)12(13)14)16-4-2-1-3-15-9/h5-6H,1-4H2. The van der Waals surface area contributed by atoms with E-state index in [1.165, 1.54) is 12.1 Å². The number of hydrogen-bond acceptors (Lipinski definition) is 4. The molecule has 2 rings (SSSR count). The van der Waals surface area contributed by atoms with Crippen molar-refractivity contribution in [1.29, 1.82) is 0 Å². The van der Waals surface area contributed by atoms with Crippen LogP contribution in [0.4, 0.5) is 5.69 Å². The summed E-state index contributed by atoms with van der Waals surface area (Å²) >= 11 is 5.77. The number of hydrogen-bond donors (Lipinski definition) is 0. The molecule has 0 spiro atoms. The summed E-state index contributed by atoms with van der Waals surface area (Å²) < 4.78 is 10.8. The summed E-state index contributed by atoms with van der Waals surface area (Å²) in [6, 6.07) is 2.74. The number of nitrogens with zero attached hydrogens (tertiary/aromatic N) is 1. The molecule has 0 amide bonds. The average Bonchev–Trinajstić information content (AvgIpc) is 2.20.